The number of ether oxygens (including phenoxy) is 1. The van der Waals surface area contributed by atoms with Crippen LogP contribution in [0.4, 0.5) is 8.78 Å². The van der Waals surface area contributed by atoms with E-state index in [1.165, 1.54) is 4.31 Å². The van der Waals surface area contributed by atoms with Crippen LogP contribution in [0.15, 0.2) is 30.3 Å². The minimum absolute atomic E-state index is 0.0317. The van der Waals surface area contributed by atoms with Crippen molar-refractivity contribution in [1.82, 2.24) is 4.31 Å². The minimum atomic E-state index is -3.47. The highest BCUT2D eigenvalue weighted by Crippen LogP contribution is 2.34. The molecule has 0 radical (unpaired) electrons. The van der Waals surface area contributed by atoms with Gasteiger partial charge in [0.15, 0.2) is 0 Å². The summed E-state index contributed by atoms with van der Waals surface area (Å²) in [5.74, 6) is 0. The molecule has 0 spiro atoms. The van der Waals surface area contributed by atoms with Crippen LogP contribution in [-0.2, 0) is 14.8 Å². The standard InChI is InChI=1S/C12H15F2NO3S/c13-12(14)18-9-8-15-7-6-11(19(15,16)17)10-4-2-1-3-5-10/h1-5,11-12H,6-9H2. The Morgan fingerprint density at radius 1 is 1.32 bits per heavy atom. The third kappa shape index (κ3) is 3.29. The molecule has 1 aliphatic rings. The van der Waals surface area contributed by atoms with Crippen LogP contribution in [0.1, 0.15) is 17.2 Å². The van der Waals surface area contributed by atoms with Gasteiger partial charge in [0.2, 0.25) is 10.0 Å². The predicted molar refractivity (Wildman–Crippen MR) is 66.2 cm³/mol. The first-order valence-electron chi connectivity index (χ1n) is 5.95. The van der Waals surface area contributed by atoms with Crippen molar-refractivity contribution in [2.24, 2.45) is 0 Å². The van der Waals surface area contributed by atoms with Crippen molar-refractivity contribution in [2.45, 2.75) is 18.3 Å². The zero-order chi connectivity index (χ0) is 13.9. The Morgan fingerprint density at radius 2 is 2.00 bits per heavy atom. The molecule has 1 aliphatic heterocycles. The number of hydrogen-bond donors (Lipinski definition) is 0. The molecular weight excluding hydrogens is 276 g/mol. The van der Waals surface area contributed by atoms with Gasteiger partial charge >= 0.3 is 6.61 Å². The van der Waals surface area contributed by atoms with Gasteiger partial charge in [0.1, 0.15) is 5.25 Å². The van der Waals surface area contributed by atoms with Gasteiger partial charge < -0.3 is 4.74 Å². The Balaban J connectivity index is 2.04. The van der Waals surface area contributed by atoms with Crippen LogP contribution < -0.4 is 0 Å². The molecule has 0 bridgehead atoms. The molecule has 0 N–H and O–H groups in total. The number of benzene rings is 1. The first-order chi connectivity index (χ1) is 9.01. The summed E-state index contributed by atoms with van der Waals surface area (Å²) in [4.78, 5) is 0. The summed E-state index contributed by atoms with van der Waals surface area (Å²) in [7, 11) is -3.47. The summed E-state index contributed by atoms with van der Waals surface area (Å²) in [5, 5.41) is -0.583. The van der Waals surface area contributed by atoms with Crippen molar-refractivity contribution in [3.8, 4) is 0 Å². The predicted octanol–water partition coefficient (Wildman–Crippen LogP) is 2.00. The maximum atomic E-state index is 12.3. The average molecular weight is 291 g/mol. The van der Waals surface area contributed by atoms with Crippen molar-refractivity contribution in [3.63, 3.8) is 0 Å². The Bertz CT molecular complexity index is 507. The molecule has 1 atom stereocenters. The smallest absolute Gasteiger partial charge is 0.322 e. The number of nitrogens with zero attached hydrogens (tertiary/aromatic N) is 1. The lowest BCUT2D eigenvalue weighted by Gasteiger charge is -2.16. The van der Waals surface area contributed by atoms with Crippen molar-refractivity contribution in [1.29, 1.82) is 0 Å². The number of sulfonamides is 1. The molecule has 1 fully saturated rings. The summed E-state index contributed by atoms with van der Waals surface area (Å²) >= 11 is 0. The Morgan fingerprint density at radius 3 is 2.63 bits per heavy atom. The van der Waals surface area contributed by atoms with Crippen molar-refractivity contribution < 1.29 is 21.9 Å². The summed E-state index contributed by atoms with van der Waals surface area (Å²) in [5.41, 5.74) is 0.736. The molecule has 4 nitrogen and oxygen atoms in total. The van der Waals surface area contributed by atoms with Crippen LogP contribution in [0.5, 0.6) is 0 Å². The van der Waals surface area contributed by atoms with Crippen LogP contribution in [-0.4, -0.2) is 39.0 Å². The van der Waals surface area contributed by atoms with E-state index in [4.69, 9.17) is 0 Å². The molecule has 0 aromatic heterocycles. The highest BCUT2D eigenvalue weighted by atomic mass is 32.2. The van der Waals surface area contributed by atoms with E-state index in [0.29, 0.717) is 13.0 Å². The van der Waals surface area contributed by atoms with E-state index in [0.717, 1.165) is 5.56 Å². The van der Waals surface area contributed by atoms with Crippen LogP contribution in [0, 0.1) is 0 Å². The van der Waals surface area contributed by atoms with Gasteiger partial charge in [-0.1, -0.05) is 30.3 Å². The third-order valence-electron chi connectivity index (χ3n) is 3.12. The largest absolute Gasteiger partial charge is 0.345 e. The lowest BCUT2D eigenvalue weighted by Crippen LogP contribution is -2.30. The number of rotatable bonds is 5. The van der Waals surface area contributed by atoms with Gasteiger partial charge in [-0.2, -0.15) is 13.1 Å². The number of alkyl halides is 2. The van der Waals surface area contributed by atoms with E-state index in [2.05, 4.69) is 4.74 Å². The molecule has 0 amide bonds. The van der Waals surface area contributed by atoms with Gasteiger partial charge in [0, 0.05) is 13.1 Å². The third-order valence-corrected chi connectivity index (χ3v) is 5.43. The van der Waals surface area contributed by atoms with Crippen molar-refractivity contribution in [3.05, 3.63) is 35.9 Å². The van der Waals surface area contributed by atoms with Crippen LogP contribution in [0.2, 0.25) is 0 Å². The summed E-state index contributed by atoms with van der Waals surface area (Å²) < 4.78 is 53.5. The SMILES string of the molecule is O=S1(=O)C(c2ccccc2)CCN1CCOC(F)F. The van der Waals surface area contributed by atoms with E-state index < -0.39 is 21.9 Å². The molecule has 0 aliphatic carbocycles. The molecule has 1 unspecified atom stereocenters. The molecular formula is C12H15F2NO3S. The summed E-state index contributed by atoms with van der Waals surface area (Å²) in [6, 6.07) is 8.92. The van der Waals surface area contributed by atoms with Crippen LogP contribution in [0.3, 0.4) is 0 Å². The molecule has 1 heterocycles. The van der Waals surface area contributed by atoms with Gasteiger partial charge in [0.25, 0.3) is 0 Å². The summed E-state index contributed by atoms with van der Waals surface area (Å²) in [6.45, 7) is -2.85. The van der Waals surface area contributed by atoms with Crippen molar-refractivity contribution in [2.75, 3.05) is 19.7 Å². The lowest BCUT2D eigenvalue weighted by atomic mass is 10.1. The second-order valence-corrected chi connectivity index (χ2v) is 6.38. The van der Waals surface area contributed by atoms with Gasteiger partial charge in [-0.05, 0) is 12.0 Å². The van der Waals surface area contributed by atoms with E-state index in [1.54, 1.807) is 24.3 Å². The average Bonchev–Trinajstić information content (AvgIpc) is 2.66. The fourth-order valence-corrected chi connectivity index (χ4v) is 4.16. The van der Waals surface area contributed by atoms with Gasteiger partial charge in [0.05, 0.1) is 6.61 Å². The quantitative estimate of drug-likeness (QED) is 0.833. The first kappa shape index (κ1) is 14.4. The van der Waals surface area contributed by atoms with Gasteiger partial charge in [-0.3, -0.25) is 0 Å². The zero-order valence-corrected chi connectivity index (χ0v) is 11.0. The van der Waals surface area contributed by atoms with E-state index in [9.17, 15) is 17.2 Å². The monoisotopic (exact) mass is 291 g/mol. The fourth-order valence-electron chi connectivity index (χ4n) is 2.21. The molecule has 106 valence electrons. The van der Waals surface area contributed by atoms with Crippen LogP contribution >= 0.6 is 0 Å². The summed E-state index contributed by atoms with van der Waals surface area (Å²) in [6.07, 6.45) is 0.473. The van der Waals surface area contributed by atoms with Gasteiger partial charge in [-0.15, -0.1) is 0 Å². The lowest BCUT2D eigenvalue weighted by molar-refractivity contribution is -0.129. The second kappa shape index (κ2) is 5.94. The Labute approximate surface area is 111 Å². The molecule has 1 aromatic rings. The van der Waals surface area contributed by atoms with E-state index in [1.807, 2.05) is 6.07 Å². The molecule has 1 saturated heterocycles. The Hall–Kier alpha value is -1.05. The number of halogens is 2. The highest BCUT2D eigenvalue weighted by molar-refractivity contribution is 7.89. The normalized spacial score (nSPS) is 23.0. The maximum absolute atomic E-state index is 12.3. The highest BCUT2D eigenvalue weighted by Gasteiger charge is 2.39. The maximum Gasteiger partial charge on any atom is 0.345 e. The number of hydrogen-bond acceptors (Lipinski definition) is 3. The van der Waals surface area contributed by atoms with Crippen LogP contribution in [0.25, 0.3) is 0 Å². The first-order valence-corrected chi connectivity index (χ1v) is 7.46. The second-order valence-electron chi connectivity index (χ2n) is 4.26. The van der Waals surface area contributed by atoms with Crippen molar-refractivity contribution >= 4 is 10.0 Å². The van der Waals surface area contributed by atoms with E-state index in [-0.39, 0.29) is 13.2 Å². The molecule has 19 heavy (non-hydrogen) atoms. The zero-order valence-electron chi connectivity index (χ0n) is 10.2. The molecule has 0 saturated carbocycles. The molecule has 2 rings (SSSR count). The van der Waals surface area contributed by atoms with E-state index >= 15 is 0 Å². The molecule has 7 heteroatoms. The van der Waals surface area contributed by atoms with Gasteiger partial charge in [-0.25, -0.2) is 8.42 Å². The fraction of sp³-hybridized carbons (Fsp3) is 0.500. The molecule has 1 aromatic carbocycles. The minimum Gasteiger partial charge on any atom is -0.322 e. The topological polar surface area (TPSA) is 46.6 Å². The Kier molecular flexibility index (Phi) is 4.49.